The van der Waals surface area contributed by atoms with E-state index in [1.807, 2.05) is 0 Å². The third kappa shape index (κ3) is 3.05. The molecule has 0 spiro atoms. The van der Waals surface area contributed by atoms with E-state index < -0.39 is 10.0 Å². The minimum absolute atomic E-state index is 0. The van der Waals surface area contributed by atoms with Crippen molar-refractivity contribution in [2.24, 2.45) is 0 Å². The summed E-state index contributed by atoms with van der Waals surface area (Å²) < 4.78 is 23.6. The fourth-order valence-electron chi connectivity index (χ4n) is 0.644. The predicted octanol–water partition coefficient (Wildman–Crippen LogP) is -1.76. The third-order valence-corrected chi connectivity index (χ3v) is 2.86. The first-order chi connectivity index (χ1) is 5.17. The van der Waals surface area contributed by atoms with Crippen molar-refractivity contribution >= 4 is 21.8 Å². The molecular weight excluding hydrogens is 209 g/mol. The van der Waals surface area contributed by atoms with Crippen molar-refractivity contribution in [1.29, 1.82) is 0 Å². The van der Waals surface area contributed by atoms with Crippen molar-refractivity contribution in [3.8, 4) is 0 Å². The van der Waals surface area contributed by atoms with Crippen LogP contribution in [-0.4, -0.2) is 8.42 Å². The molecule has 1 aromatic rings. The summed E-state index contributed by atoms with van der Waals surface area (Å²) in [5.74, 6) is 0. The van der Waals surface area contributed by atoms with Crippen molar-refractivity contribution in [2.75, 3.05) is 0 Å². The monoisotopic (exact) mass is 215 g/mol. The molecule has 0 radical (unpaired) electrons. The second-order valence-electron chi connectivity index (χ2n) is 1.89. The summed E-state index contributed by atoms with van der Waals surface area (Å²) in [7, 11) is -3.48. The third-order valence-electron chi connectivity index (χ3n) is 1.16. The van der Waals surface area contributed by atoms with Gasteiger partial charge < -0.3 is 1.43 Å². The Bertz CT molecular complexity index is 332. The van der Waals surface area contributed by atoms with Gasteiger partial charge in [-0.2, -0.15) is 0 Å². The van der Waals surface area contributed by atoms with Gasteiger partial charge in [0.05, 0.1) is 4.90 Å². The molecule has 6 heteroatoms. The molecule has 0 amide bonds. The van der Waals surface area contributed by atoms with Crippen LogP contribution in [0.1, 0.15) is 1.43 Å². The molecule has 1 aromatic carbocycles. The normalized spacial score (nSPS) is 10.4. The first-order valence-corrected chi connectivity index (χ1v) is 4.70. The van der Waals surface area contributed by atoms with E-state index in [2.05, 4.69) is 0 Å². The van der Waals surface area contributed by atoms with Gasteiger partial charge in [0.2, 0.25) is 0 Å². The summed E-state index contributed by atoms with van der Waals surface area (Å²) in [6, 6.07) is 7.91. The maximum atomic E-state index is 11.0. The van der Waals surface area contributed by atoms with E-state index in [-0.39, 0.29) is 35.9 Å². The molecule has 0 atom stereocenters. The van der Waals surface area contributed by atoms with Gasteiger partial charge in [0.15, 0.2) is 0 Å². The second-order valence-corrected chi connectivity index (χ2v) is 3.99. The van der Waals surface area contributed by atoms with E-state index >= 15 is 0 Å². The van der Waals surface area contributed by atoms with Crippen LogP contribution in [0.3, 0.4) is 0 Å². The maximum Gasteiger partial charge on any atom is 1.00 e. The van der Waals surface area contributed by atoms with Crippen molar-refractivity contribution in [3.63, 3.8) is 0 Å². The number of hydrogen-bond acceptors (Lipinski definition) is 2. The van der Waals surface area contributed by atoms with Crippen LogP contribution in [0.15, 0.2) is 35.2 Å². The average Bonchev–Trinajstić information content (AvgIpc) is 2.06. The van der Waals surface area contributed by atoms with Gasteiger partial charge in [0, 0.05) is 0 Å². The largest absolute Gasteiger partial charge is 1.00 e. The summed E-state index contributed by atoms with van der Waals surface area (Å²) in [5, 5.41) is 0. The fourth-order valence-corrected chi connectivity index (χ4v) is 1.52. The minimum atomic E-state index is -3.48. The Morgan fingerprint density at radius 1 is 1.25 bits per heavy atom. The van der Waals surface area contributed by atoms with E-state index in [0.29, 0.717) is 0 Å². The van der Waals surface area contributed by atoms with E-state index in [9.17, 15) is 8.42 Å². The molecular formula is C6H7ClNNaO2S. The van der Waals surface area contributed by atoms with Crippen LogP contribution in [0.5, 0.6) is 0 Å². The number of halogens is 1. The molecule has 1 N–H and O–H groups in total. The molecule has 0 aliphatic rings. The molecule has 62 valence electrons. The Labute approximate surface area is 100 Å². The van der Waals surface area contributed by atoms with Crippen molar-refractivity contribution in [2.45, 2.75) is 4.90 Å². The van der Waals surface area contributed by atoms with Gasteiger partial charge in [-0.1, -0.05) is 18.2 Å². The molecule has 0 aliphatic carbocycles. The molecule has 0 bridgehead atoms. The summed E-state index contributed by atoms with van der Waals surface area (Å²) in [5.41, 5.74) is 0. The average molecular weight is 216 g/mol. The molecule has 0 saturated carbocycles. The Morgan fingerprint density at radius 2 is 1.75 bits per heavy atom. The summed E-state index contributed by atoms with van der Waals surface area (Å²) >= 11 is 4.99. The van der Waals surface area contributed by atoms with Crippen molar-refractivity contribution < 1.29 is 39.4 Å². The Balaban J connectivity index is 0. The molecule has 1 rings (SSSR count). The van der Waals surface area contributed by atoms with E-state index in [0.717, 1.165) is 0 Å². The van der Waals surface area contributed by atoms with Crippen LogP contribution in [0.2, 0.25) is 0 Å². The Hall–Kier alpha value is 0.420. The number of hydrogen-bond donors (Lipinski definition) is 1. The van der Waals surface area contributed by atoms with Gasteiger partial charge in [0.25, 0.3) is 10.0 Å². The van der Waals surface area contributed by atoms with Gasteiger partial charge >= 0.3 is 29.6 Å². The quantitative estimate of drug-likeness (QED) is 0.469. The summed E-state index contributed by atoms with van der Waals surface area (Å²) in [6.07, 6.45) is 0. The minimum Gasteiger partial charge on any atom is -1.00 e. The molecule has 0 fully saturated rings. The molecule has 0 heterocycles. The van der Waals surface area contributed by atoms with Gasteiger partial charge in [-0.05, 0) is 23.9 Å². The van der Waals surface area contributed by atoms with Crippen LogP contribution < -0.4 is 33.8 Å². The molecule has 0 aromatic heterocycles. The topological polar surface area (TPSA) is 46.2 Å². The molecule has 0 saturated heterocycles. The zero-order chi connectivity index (χ0) is 8.32. The predicted molar refractivity (Wildman–Crippen MR) is 43.7 cm³/mol. The standard InChI is InChI=1S/C6H6ClNO2S.Na.H/c7-8-11(9,10)6-4-2-1-3-5-6;;/h1-5,8H;;/q;+1;-1. The van der Waals surface area contributed by atoms with Crippen LogP contribution >= 0.6 is 11.8 Å². The zero-order valence-electron chi connectivity index (χ0n) is 7.49. The van der Waals surface area contributed by atoms with Crippen molar-refractivity contribution in [1.82, 2.24) is 4.24 Å². The van der Waals surface area contributed by atoms with Gasteiger partial charge in [-0.25, -0.2) is 8.42 Å². The van der Waals surface area contributed by atoms with Crippen LogP contribution in [0.25, 0.3) is 0 Å². The molecule has 12 heavy (non-hydrogen) atoms. The number of sulfonamides is 1. The van der Waals surface area contributed by atoms with Crippen LogP contribution in [0.4, 0.5) is 0 Å². The van der Waals surface area contributed by atoms with Crippen LogP contribution in [-0.2, 0) is 10.0 Å². The first kappa shape index (κ1) is 12.4. The van der Waals surface area contributed by atoms with E-state index in [1.54, 1.807) is 22.4 Å². The first-order valence-electron chi connectivity index (χ1n) is 2.84. The van der Waals surface area contributed by atoms with E-state index in [1.165, 1.54) is 12.1 Å². The number of nitrogens with one attached hydrogen (secondary N) is 1. The van der Waals surface area contributed by atoms with Crippen LogP contribution in [0, 0.1) is 0 Å². The second kappa shape index (κ2) is 5.21. The Kier molecular flexibility index (Phi) is 5.40. The van der Waals surface area contributed by atoms with Gasteiger partial charge in [-0.15, -0.1) is 4.24 Å². The van der Waals surface area contributed by atoms with Gasteiger partial charge in [-0.3, -0.25) is 0 Å². The zero-order valence-corrected chi connectivity index (χ0v) is 10.1. The maximum absolute atomic E-state index is 11.0. The smallest absolute Gasteiger partial charge is 1.00 e. The van der Waals surface area contributed by atoms with Crippen molar-refractivity contribution in [3.05, 3.63) is 30.3 Å². The number of benzene rings is 1. The van der Waals surface area contributed by atoms with Gasteiger partial charge in [0.1, 0.15) is 0 Å². The molecule has 0 unspecified atom stereocenters. The molecule has 0 aliphatic heterocycles. The SMILES string of the molecule is O=S(=O)(NCl)c1ccccc1.[H-].[Na+]. The number of rotatable bonds is 2. The summed E-state index contributed by atoms with van der Waals surface area (Å²) in [6.45, 7) is 0. The van der Waals surface area contributed by atoms with E-state index in [4.69, 9.17) is 11.8 Å². The summed E-state index contributed by atoms with van der Waals surface area (Å²) in [4.78, 5) is 0.162. The molecule has 3 nitrogen and oxygen atoms in total. The Morgan fingerprint density at radius 3 is 2.17 bits per heavy atom. The fraction of sp³-hybridized carbons (Fsp3) is 0.